The number of carbonyl (C=O) groups excluding carboxylic acids is 3. The molecular formula is C24H21ClF8N4O4. The van der Waals surface area contributed by atoms with E-state index in [2.05, 4.69) is 15.0 Å². The fourth-order valence-corrected chi connectivity index (χ4v) is 4.47. The van der Waals surface area contributed by atoms with Gasteiger partial charge >= 0.3 is 18.4 Å². The van der Waals surface area contributed by atoms with E-state index in [-0.39, 0.29) is 30.5 Å². The van der Waals surface area contributed by atoms with Crippen molar-refractivity contribution in [3.63, 3.8) is 0 Å². The smallest absolute Gasteiger partial charge is 0.406 e. The molecule has 17 heteroatoms. The average molecular weight is 617 g/mol. The number of amides is 3. The van der Waals surface area contributed by atoms with Crippen molar-refractivity contribution in [2.75, 3.05) is 4.90 Å². The number of ether oxygens (including phenoxy) is 1. The van der Waals surface area contributed by atoms with E-state index >= 15 is 0 Å². The molecule has 224 valence electrons. The van der Waals surface area contributed by atoms with Gasteiger partial charge in [-0.15, -0.1) is 13.2 Å². The average Bonchev–Trinajstić information content (AvgIpc) is 3.29. The first-order valence-electron chi connectivity index (χ1n) is 11.7. The Kier molecular flexibility index (Phi) is 9.35. The summed E-state index contributed by atoms with van der Waals surface area (Å²) in [5.74, 6) is -6.50. The van der Waals surface area contributed by atoms with E-state index in [1.54, 1.807) is 5.32 Å². The van der Waals surface area contributed by atoms with E-state index in [0.29, 0.717) is 4.90 Å². The van der Waals surface area contributed by atoms with E-state index in [4.69, 9.17) is 11.6 Å². The molecule has 1 unspecified atom stereocenters. The summed E-state index contributed by atoms with van der Waals surface area (Å²) >= 11 is 5.41. The predicted molar refractivity (Wildman–Crippen MR) is 127 cm³/mol. The third-order valence-electron chi connectivity index (χ3n) is 6.25. The first kappa shape index (κ1) is 31.8. The normalized spacial score (nSPS) is 19.6. The zero-order chi connectivity index (χ0) is 30.8. The topological polar surface area (TPSA) is 101 Å². The fourth-order valence-electron chi connectivity index (χ4n) is 4.38. The van der Waals surface area contributed by atoms with E-state index in [0.717, 1.165) is 49.6 Å². The Balaban J connectivity index is 2.00. The second-order valence-corrected chi connectivity index (χ2v) is 9.51. The second kappa shape index (κ2) is 12.0. The maximum atomic E-state index is 14.2. The monoisotopic (exact) mass is 616 g/mol. The maximum Gasteiger partial charge on any atom is 0.573 e. The standard InChI is InChI=1S/C24H21ClF8N4O4/c1-22(12-8-13(26)11-34-10-12,20(39)35-14-2-3-15(9-14)36-21(40)23(28,29)30)37(19(38)18(25)27)16-4-6-17(7-5-16)41-24(31,32)33/h4-8,10-11,14-15,18H,2-3,9H2,1H3,(H,35,39)(H,36,40)/t14-,15+,18+,22?/m1/s1. The third-order valence-corrected chi connectivity index (χ3v) is 6.44. The number of nitrogens with zero attached hydrogens (tertiary/aromatic N) is 2. The van der Waals surface area contributed by atoms with E-state index in [1.807, 2.05) is 0 Å². The number of alkyl halides is 8. The van der Waals surface area contributed by atoms with Crippen LogP contribution in [0.3, 0.4) is 0 Å². The van der Waals surface area contributed by atoms with Crippen molar-refractivity contribution in [3.8, 4) is 5.75 Å². The summed E-state index contributed by atoms with van der Waals surface area (Å²) in [6, 6.07) is 2.34. The lowest BCUT2D eigenvalue weighted by Gasteiger charge is -2.41. The summed E-state index contributed by atoms with van der Waals surface area (Å²) in [5, 5.41) is 4.32. The lowest BCUT2D eigenvalue weighted by atomic mass is 9.88. The molecule has 1 aromatic heterocycles. The van der Waals surface area contributed by atoms with Gasteiger partial charge in [0.1, 0.15) is 11.6 Å². The van der Waals surface area contributed by atoms with Gasteiger partial charge in [-0.3, -0.25) is 24.3 Å². The van der Waals surface area contributed by atoms with Crippen LogP contribution in [0.25, 0.3) is 0 Å². The van der Waals surface area contributed by atoms with E-state index < -0.39 is 65.1 Å². The highest BCUT2D eigenvalue weighted by atomic mass is 35.5. The van der Waals surface area contributed by atoms with Crippen LogP contribution in [0.4, 0.5) is 40.8 Å². The maximum absolute atomic E-state index is 14.2. The van der Waals surface area contributed by atoms with Crippen LogP contribution in [-0.2, 0) is 19.9 Å². The van der Waals surface area contributed by atoms with Crippen molar-refractivity contribution in [2.24, 2.45) is 0 Å². The minimum absolute atomic E-state index is 0.0442. The second-order valence-electron chi connectivity index (χ2n) is 9.13. The third kappa shape index (κ3) is 7.74. The molecule has 2 N–H and O–H groups in total. The van der Waals surface area contributed by atoms with Gasteiger partial charge in [0.05, 0.1) is 6.20 Å². The number of nitrogens with one attached hydrogen (secondary N) is 2. The summed E-state index contributed by atoms with van der Waals surface area (Å²) in [6.07, 6.45) is -8.46. The Labute approximate surface area is 232 Å². The fraction of sp³-hybridized carbons (Fsp3) is 0.417. The molecule has 1 saturated carbocycles. The quantitative estimate of drug-likeness (QED) is 0.333. The van der Waals surface area contributed by atoms with Crippen molar-refractivity contribution in [3.05, 3.63) is 54.1 Å². The number of carbonyl (C=O) groups is 3. The van der Waals surface area contributed by atoms with Gasteiger partial charge in [-0.1, -0.05) is 11.6 Å². The molecule has 3 rings (SSSR count). The molecule has 1 aliphatic rings. The summed E-state index contributed by atoms with van der Waals surface area (Å²) < 4.78 is 108. The molecule has 0 spiro atoms. The molecule has 3 amide bonds. The predicted octanol–water partition coefficient (Wildman–Crippen LogP) is 4.62. The Hall–Kier alpha value is -3.69. The summed E-state index contributed by atoms with van der Waals surface area (Å²) in [6.45, 7) is 1.06. The van der Waals surface area contributed by atoms with Crippen molar-refractivity contribution >= 4 is 35.0 Å². The zero-order valence-corrected chi connectivity index (χ0v) is 21.6. The van der Waals surface area contributed by atoms with Crippen LogP contribution in [0.15, 0.2) is 42.7 Å². The Morgan fingerprint density at radius 2 is 1.56 bits per heavy atom. The molecule has 1 heterocycles. The molecule has 0 radical (unpaired) electrons. The number of pyridine rings is 1. The molecule has 1 aliphatic carbocycles. The molecule has 0 saturated heterocycles. The van der Waals surface area contributed by atoms with Gasteiger partial charge in [0.25, 0.3) is 17.4 Å². The van der Waals surface area contributed by atoms with Gasteiger partial charge in [0.15, 0.2) is 5.54 Å². The first-order chi connectivity index (χ1) is 18.9. The molecule has 0 aliphatic heterocycles. The number of benzene rings is 1. The molecule has 1 aromatic carbocycles. The molecule has 4 atom stereocenters. The summed E-state index contributed by atoms with van der Waals surface area (Å²) in [7, 11) is 0. The molecule has 8 nitrogen and oxygen atoms in total. The lowest BCUT2D eigenvalue weighted by Crippen LogP contribution is -2.59. The van der Waals surface area contributed by atoms with Crippen LogP contribution < -0.4 is 20.3 Å². The molecular weight excluding hydrogens is 596 g/mol. The zero-order valence-electron chi connectivity index (χ0n) is 20.8. The van der Waals surface area contributed by atoms with Crippen molar-refractivity contribution in [1.29, 1.82) is 0 Å². The van der Waals surface area contributed by atoms with Gasteiger partial charge in [0.2, 0.25) is 0 Å². The highest BCUT2D eigenvalue weighted by molar-refractivity contribution is 6.32. The lowest BCUT2D eigenvalue weighted by molar-refractivity contribution is -0.274. The van der Waals surface area contributed by atoms with E-state index in [1.165, 1.54) is 0 Å². The van der Waals surface area contributed by atoms with Crippen LogP contribution in [0.2, 0.25) is 0 Å². The van der Waals surface area contributed by atoms with Crippen LogP contribution in [0, 0.1) is 5.82 Å². The minimum Gasteiger partial charge on any atom is -0.406 e. The first-order valence-corrected chi connectivity index (χ1v) is 12.1. The number of aromatic nitrogens is 1. The van der Waals surface area contributed by atoms with Gasteiger partial charge in [0, 0.05) is 29.5 Å². The SMILES string of the molecule is CC(C(=O)N[C@@H]1CC[C@H](NC(=O)C(F)(F)F)C1)(c1cncc(F)c1)N(C(=O)[C@H](F)Cl)c1ccc(OC(F)(F)F)cc1. The Morgan fingerprint density at radius 3 is 2.05 bits per heavy atom. The Morgan fingerprint density at radius 1 is 1.00 bits per heavy atom. The summed E-state index contributed by atoms with van der Waals surface area (Å²) in [5.41, 5.74) is -5.79. The van der Waals surface area contributed by atoms with Crippen molar-refractivity contribution in [2.45, 2.75) is 62.0 Å². The largest absolute Gasteiger partial charge is 0.573 e. The highest BCUT2D eigenvalue weighted by Gasteiger charge is 2.48. The van der Waals surface area contributed by atoms with Crippen LogP contribution in [-0.4, -0.2) is 53.0 Å². The number of halogens is 9. The van der Waals surface area contributed by atoms with Gasteiger partial charge in [-0.05, 0) is 56.5 Å². The molecule has 41 heavy (non-hydrogen) atoms. The summed E-state index contributed by atoms with van der Waals surface area (Å²) in [4.78, 5) is 42.2. The van der Waals surface area contributed by atoms with Crippen molar-refractivity contribution < 1.29 is 54.2 Å². The van der Waals surface area contributed by atoms with Crippen LogP contribution in [0.1, 0.15) is 31.7 Å². The van der Waals surface area contributed by atoms with Gasteiger partial charge < -0.3 is 15.4 Å². The number of hydrogen-bond donors (Lipinski definition) is 2. The van der Waals surface area contributed by atoms with Crippen LogP contribution >= 0.6 is 11.6 Å². The molecule has 0 bridgehead atoms. The highest BCUT2D eigenvalue weighted by Crippen LogP contribution is 2.37. The van der Waals surface area contributed by atoms with Gasteiger partial charge in [-0.25, -0.2) is 8.78 Å². The number of anilines is 1. The minimum atomic E-state index is -5.13. The van der Waals surface area contributed by atoms with E-state index in [9.17, 15) is 49.5 Å². The van der Waals surface area contributed by atoms with Gasteiger partial charge in [-0.2, -0.15) is 13.2 Å². The number of rotatable bonds is 8. The molecule has 1 fully saturated rings. The number of hydrogen-bond acceptors (Lipinski definition) is 5. The molecule has 2 aromatic rings. The Bertz CT molecular complexity index is 1280. The van der Waals surface area contributed by atoms with Crippen molar-refractivity contribution in [1.82, 2.24) is 15.6 Å². The van der Waals surface area contributed by atoms with Crippen LogP contribution in [0.5, 0.6) is 5.75 Å².